The summed E-state index contributed by atoms with van der Waals surface area (Å²) in [6.45, 7) is 0. The fourth-order valence-corrected chi connectivity index (χ4v) is 2.90. The Morgan fingerprint density at radius 3 is 2.73 bits per heavy atom. The van der Waals surface area contributed by atoms with Gasteiger partial charge in [-0.1, -0.05) is 12.1 Å². The molecular formula is C15H11FN2O3S. The first-order valence-electron chi connectivity index (χ1n) is 6.39. The number of halogens is 1. The highest BCUT2D eigenvalue weighted by Crippen LogP contribution is 2.30. The van der Waals surface area contributed by atoms with E-state index in [1.165, 1.54) is 24.0 Å². The maximum Gasteiger partial charge on any atom is 0.313 e. The average Bonchev–Trinajstić information content (AvgIpc) is 2.52. The summed E-state index contributed by atoms with van der Waals surface area (Å²) in [7, 11) is 0. The van der Waals surface area contributed by atoms with Gasteiger partial charge in [0.1, 0.15) is 0 Å². The lowest BCUT2D eigenvalue weighted by Gasteiger charge is -2.05. The van der Waals surface area contributed by atoms with Gasteiger partial charge in [0.05, 0.1) is 0 Å². The number of H-pyrrole nitrogens is 2. The van der Waals surface area contributed by atoms with Crippen molar-refractivity contribution in [3.63, 3.8) is 0 Å². The number of aromatic amines is 2. The number of phenols is 1. The maximum atomic E-state index is 13.7. The van der Waals surface area contributed by atoms with Crippen LogP contribution in [0.3, 0.4) is 0 Å². The predicted octanol–water partition coefficient (Wildman–Crippen LogP) is 2.35. The van der Waals surface area contributed by atoms with Gasteiger partial charge in [0, 0.05) is 27.9 Å². The zero-order chi connectivity index (χ0) is 15.7. The minimum Gasteiger partial charge on any atom is -0.505 e. The first-order valence-corrected chi connectivity index (χ1v) is 7.38. The van der Waals surface area contributed by atoms with Crippen LogP contribution in [0.4, 0.5) is 4.39 Å². The van der Waals surface area contributed by atoms with E-state index in [4.69, 9.17) is 0 Å². The first-order chi connectivity index (χ1) is 10.5. The molecule has 7 heteroatoms. The summed E-state index contributed by atoms with van der Waals surface area (Å²) >= 11 is 1.44. The molecule has 0 aliphatic heterocycles. The Hall–Kier alpha value is -2.54. The third-order valence-electron chi connectivity index (χ3n) is 3.16. The quantitative estimate of drug-likeness (QED) is 0.511. The molecule has 112 valence electrons. The van der Waals surface area contributed by atoms with Gasteiger partial charge >= 0.3 is 11.1 Å². The molecule has 3 rings (SSSR count). The van der Waals surface area contributed by atoms with Gasteiger partial charge in [-0.05, 0) is 23.6 Å². The molecule has 0 aliphatic carbocycles. The molecule has 22 heavy (non-hydrogen) atoms. The second-order valence-corrected chi connectivity index (χ2v) is 5.72. The van der Waals surface area contributed by atoms with Crippen LogP contribution in [0, 0.1) is 5.82 Å². The van der Waals surface area contributed by atoms with Crippen molar-refractivity contribution in [1.29, 1.82) is 0 Å². The smallest absolute Gasteiger partial charge is 0.313 e. The molecule has 3 aromatic rings. The Morgan fingerprint density at radius 1 is 1.14 bits per heavy atom. The van der Waals surface area contributed by atoms with Crippen molar-refractivity contribution in [1.82, 2.24) is 9.97 Å². The van der Waals surface area contributed by atoms with Crippen molar-refractivity contribution in [2.45, 2.75) is 10.6 Å². The lowest BCUT2D eigenvalue weighted by atomic mass is 10.1. The van der Waals surface area contributed by atoms with E-state index in [0.717, 1.165) is 4.90 Å². The van der Waals surface area contributed by atoms with E-state index in [9.17, 15) is 19.1 Å². The molecule has 2 aromatic carbocycles. The number of phenolic OH excluding ortho intramolecular Hbond substituents is 1. The number of nitrogens with one attached hydrogen (secondary N) is 2. The number of benzene rings is 2. The number of hydrogen-bond donors (Lipinski definition) is 3. The molecule has 3 N–H and O–H groups in total. The standard InChI is InChI=1S/C15H11FN2O3S/c16-13-11-3-2-10(5-8(11)1-4-12(13)19)22-7-9-6-17-14(20)15(21)18-9/h1-6,19H,7H2,(H,17,20)(H,18,21). The molecule has 0 bridgehead atoms. The summed E-state index contributed by atoms with van der Waals surface area (Å²) in [4.78, 5) is 27.9. The molecule has 0 unspecified atom stereocenters. The summed E-state index contributed by atoms with van der Waals surface area (Å²) in [6, 6.07) is 8.08. The summed E-state index contributed by atoms with van der Waals surface area (Å²) < 4.78 is 13.7. The van der Waals surface area contributed by atoms with E-state index in [1.807, 2.05) is 0 Å². The molecule has 0 aliphatic rings. The van der Waals surface area contributed by atoms with Gasteiger partial charge < -0.3 is 15.1 Å². The normalized spacial score (nSPS) is 11.0. The van der Waals surface area contributed by atoms with Crippen LogP contribution in [0.1, 0.15) is 5.69 Å². The largest absolute Gasteiger partial charge is 0.505 e. The van der Waals surface area contributed by atoms with Crippen molar-refractivity contribution in [3.05, 3.63) is 68.7 Å². The van der Waals surface area contributed by atoms with Gasteiger partial charge in [-0.3, -0.25) is 9.59 Å². The van der Waals surface area contributed by atoms with Crippen LogP contribution in [0.15, 0.2) is 51.0 Å². The molecule has 1 aromatic heterocycles. The van der Waals surface area contributed by atoms with Crippen LogP contribution < -0.4 is 11.1 Å². The van der Waals surface area contributed by atoms with Crippen LogP contribution in [-0.4, -0.2) is 15.1 Å². The Bertz CT molecular complexity index is 965. The van der Waals surface area contributed by atoms with Gasteiger partial charge in [0.25, 0.3) is 0 Å². The number of thioether (sulfide) groups is 1. The van der Waals surface area contributed by atoms with Crippen LogP contribution in [0.2, 0.25) is 0 Å². The highest BCUT2D eigenvalue weighted by Gasteiger charge is 2.07. The molecule has 1 heterocycles. The Labute approximate surface area is 127 Å². The fourth-order valence-electron chi connectivity index (χ4n) is 2.04. The van der Waals surface area contributed by atoms with E-state index in [1.54, 1.807) is 24.3 Å². The van der Waals surface area contributed by atoms with Crippen LogP contribution >= 0.6 is 11.8 Å². The monoisotopic (exact) mass is 318 g/mol. The third kappa shape index (κ3) is 2.75. The van der Waals surface area contributed by atoms with Gasteiger partial charge in [-0.15, -0.1) is 11.8 Å². The summed E-state index contributed by atoms with van der Waals surface area (Å²) in [5, 5.41) is 10.4. The number of hydrogen-bond acceptors (Lipinski definition) is 4. The van der Waals surface area contributed by atoms with E-state index in [2.05, 4.69) is 9.97 Å². The number of aromatic nitrogens is 2. The molecule has 0 amide bonds. The lowest BCUT2D eigenvalue weighted by Crippen LogP contribution is -2.29. The molecule has 0 atom stereocenters. The van der Waals surface area contributed by atoms with Crippen molar-refractivity contribution < 1.29 is 9.50 Å². The summed E-state index contributed by atoms with van der Waals surface area (Å²) in [5.74, 6) is -0.560. The highest BCUT2D eigenvalue weighted by molar-refractivity contribution is 7.98. The average molecular weight is 318 g/mol. The number of aromatic hydroxyl groups is 1. The molecule has 0 fully saturated rings. The topological polar surface area (TPSA) is 85.9 Å². The van der Waals surface area contributed by atoms with Gasteiger partial charge in [0.2, 0.25) is 0 Å². The second-order valence-electron chi connectivity index (χ2n) is 4.67. The van der Waals surface area contributed by atoms with E-state index in [0.29, 0.717) is 22.2 Å². The van der Waals surface area contributed by atoms with Crippen LogP contribution in [0.5, 0.6) is 5.75 Å². The minimum atomic E-state index is -0.686. The van der Waals surface area contributed by atoms with E-state index < -0.39 is 16.9 Å². The molecule has 0 saturated carbocycles. The summed E-state index contributed by atoms with van der Waals surface area (Å²) in [5.41, 5.74) is -0.782. The fraction of sp³-hybridized carbons (Fsp3) is 0.0667. The Kier molecular flexibility index (Phi) is 3.72. The zero-order valence-electron chi connectivity index (χ0n) is 11.2. The van der Waals surface area contributed by atoms with E-state index in [-0.39, 0.29) is 5.75 Å². The highest BCUT2D eigenvalue weighted by atomic mass is 32.2. The van der Waals surface area contributed by atoms with Crippen molar-refractivity contribution in [2.75, 3.05) is 0 Å². The SMILES string of the molecule is O=c1[nH]cc(CSc2ccc3c(F)c(O)ccc3c2)[nH]c1=O. The van der Waals surface area contributed by atoms with Crippen molar-refractivity contribution >= 4 is 22.5 Å². The molecule has 0 spiro atoms. The van der Waals surface area contributed by atoms with E-state index >= 15 is 0 Å². The van der Waals surface area contributed by atoms with Crippen molar-refractivity contribution in [2.24, 2.45) is 0 Å². The third-order valence-corrected chi connectivity index (χ3v) is 4.20. The van der Waals surface area contributed by atoms with Gasteiger partial charge in [-0.25, -0.2) is 4.39 Å². The zero-order valence-corrected chi connectivity index (χ0v) is 12.0. The second kappa shape index (κ2) is 5.69. The molecule has 0 saturated heterocycles. The minimum absolute atomic E-state index is 0.349. The predicted molar refractivity (Wildman–Crippen MR) is 82.8 cm³/mol. The Balaban J connectivity index is 1.85. The first kappa shape index (κ1) is 14.4. The van der Waals surface area contributed by atoms with Crippen LogP contribution in [0.25, 0.3) is 10.8 Å². The molecule has 0 radical (unpaired) electrons. The van der Waals surface area contributed by atoms with Gasteiger partial charge in [-0.2, -0.15) is 0 Å². The van der Waals surface area contributed by atoms with Crippen LogP contribution in [-0.2, 0) is 5.75 Å². The summed E-state index contributed by atoms with van der Waals surface area (Å²) in [6.07, 6.45) is 1.45. The lowest BCUT2D eigenvalue weighted by molar-refractivity contribution is 0.436. The maximum absolute atomic E-state index is 13.7. The van der Waals surface area contributed by atoms with Crippen molar-refractivity contribution in [3.8, 4) is 5.75 Å². The number of rotatable bonds is 3. The molecule has 5 nitrogen and oxygen atoms in total. The van der Waals surface area contributed by atoms with Gasteiger partial charge in [0.15, 0.2) is 11.6 Å². The Morgan fingerprint density at radius 2 is 1.95 bits per heavy atom. The molecular weight excluding hydrogens is 307 g/mol. The number of fused-ring (bicyclic) bond motifs is 1.